The first-order valence-electron chi connectivity index (χ1n) is 10.4. The minimum absolute atomic E-state index is 0.0710. The van der Waals surface area contributed by atoms with Crippen LogP contribution in [0.4, 0.5) is 4.39 Å². The first kappa shape index (κ1) is 19.4. The Hall–Kier alpha value is -0.900. The monoisotopic (exact) mass is 390 g/mol. The molecule has 148 valence electrons. The Bertz CT molecular complexity index is 755. The highest BCUT2D eigenvalue weighted by atomic mass is 32.2. The highest BCUT2D eigenvalue weighted by molar-refractivity contribution is 8.04. The Balaban J connectivity index is 1.83. The van der Waals surface area contributed by atoms with Crippen LogP contribution in [0.15, 0.2) is 22.6 Å². The fourth-order valence-corrected chi connectivity index (χ4v) is 8.10. The highest BCUT2D eigenvalue weighted by Crippen LogP contribution is 2.68. The van der Waals surface area contributed by atoms with E-state index < -0.39 is 11.6 Å². The molecule has 2 unspecified atom stereocenters. The van der Waals surface area contributed by atoms with Gasteiger partial charge in [-0.1, -0.05) is 34.3 Å². The molecule has 0 spiro atoms. The molecule has 0 aromatic carbocycles. The molecule has 0 amide bonds. The quantitative estimate of drug-likeness (QED) is 0.622. The number of thioether (sulfide) groups is 1. The van der Waals surface area contributed by atoms with E-state index >= 15 is 0 Å². The number of hydrogen-bond acceptors (Lipinski definition) is 3. The fraction of sp³-hybridized carbons (Fsp3) is 0.739. The molecule has 0 aromatic rings. The fourth-order valence-electron chi connectivity index (χ4n) is 7.04. The van der Waals surface area contributed by atoms with E-state index in [9.17, 15) is 14.0 Å². The molecule has 0 N–H and O–H groups in total. The lowest BCUT2D eigenvalue weighted by Gasteiger charge is -2.60. The van der Waals surface area contributed by atoms with Crippen LogP contribution in [0, 0.1) is 34.5 Å². The summed E-state index contributed by atoms with van der Waals surface area (Å²) < 4.78 is 14.5. The topological polar surface area (TPSA) is 34.1 Å². The van der Waals surface area contributed by atoms with Gasteiger partial charge in [0, 0.05) is 11.8 Å². The minimum Gasteiger partial charge on any atom is -0.296 e. The van der Waals surface area contributed by atoms with Gasteiger partial charge in [0.05, 0.1) is 4.91 Å². The third kappa shape index (κ3) is 2.44. The number of carbonyl (C=O) groups is 2. The van der Waals surface area contributed by atoms with Gasteiger partial charge < -0.3 is 0 Å². The SMILES string of the molecule is C=C1C2=C(SCC)C(=O)CC[C@]2(C)[C@@H]2CC[C@]3(C)C(=O)C(F)C[C@H]3[C@@H]2C1C. The maximum Gasteiger partial charge on any atom is 0.173 e. The van der Waals surface area contributed by atoms with Crippen LogP contribution >= 0.6 is 11.8 Å². The van der Waals surface area contributed by atoms with Gasteiger partial charge in [-0.3, -0.25) is 9.59 Å². The summed E-state index contributed by atoms with van der Waals surface area (Å²) >= 11 is 1.66. The van der Waals surface area contributed by atoms with E-state index in [1.807, 2.05) is 6.92 Å². The summed E-state index contributed by atoms with van der Waals surface area (Å²) in [5, 5.41) is 0. The molecule has 0 aliphatic heterocycles. The number of halogens is 1. The Morgan fingerprint density at radius 2 is 1.89 bits per heavy atom. The Morgan fingerprint density at radius 1 is 1.19 bits per heavy atom. The minimum atomic E-state index is -1.30. The Morgan fingerprint density at radius 3 is 2.56 bits per heavy atom. The van der Waals surface area contributed by atoms with Crippen LogP contribution in [0.3, 0.4) is 0 Å². The van der Waals surface area contributed by atoms with Gasteiger partial charge in [0.15, 0.2) is 17.7 Å². The van der Waals surface area contributed by atoms with Crippen LogP contribution in [0.1, 0.15) is 59.8 Å². The summed E-state index contributed by atoms with van der Waals surface area (Å²) in [5.74, 6) is 1.97. The summed E-state index contributed by atoms with van der Waals surface area (Å²) in [6, 6.07) is 0. The molecule has 2 nitrogen and oxygen atoms in total. The first-order valence-corrected chi connectivity index (χ1v) is 11.4. The zero-order valence-electron chi connectivity index (χ0n) is 16.9. The van der Waals surface area contributed by atoms with E-state index in [4.69, 9.17) is 0 Å². The maximum absolute atomic E-state index is 14.5. The normalized spacial score (nSPS) is 47.0. The number of fused-ring (bicyclic) bond motifs is 5. The van der Waals surface area contributed by atoms with Crippen molar-refractivity contribution in [3.63, 3.8) is 0 Å². The molecule has 27 heavy (non-hydrogen) atoms. The molecule has 4 rings (SSSR count). The van der Waals surface area contributed by atoms with Crippen molar-refractivity contribution in [3.05, 3.63) is 22.6 Å². The molecule has 7 atom stereocenters. The van der Waals surface area contributed by atoms with Crippen molar-refractivity contribution < 1.29 is 14.0 Å². The molecule has 0 saturated heterocycles. The molecular formula is C23H31FO2S. The lowest BCUT2D eigenvalue weighted by Crippen LogP contribution is -2.54. The second kappa shape index (κ2) is 6.30. The molecule has 3 saturated carbocycles. The van der Waals surface area contributed by atoms with E-state index in [-0.39, 0.29) is 34.7 Å². The number of alkyl halides is 1. The van der Waals surface area contributed by atoms with E-state index in [0.717, 1.165) is 35.5 Å². The van der Waals surface area contributed by atoms with Crippen molar-refractivity contribution in [1.29, 1.82) is 0 Å². The van der Waals surface area contributed by atoms with Crippen LogP contribution in [0.5, 0.6) is 0 Å². The van der Waals surface area contributed by atoms with E-state index in [0.29, 0.717) is 18.8 Å². The zero-order valence-corrected chi connectivity index (χ0v) is 17.8. The van der Waals surface area contributed by atoms with E-state index in [1.54, 1.807) is 11.8 Å². The maximum atomic E-state index is 14.5. The van der Waals surface area contributed by atoms with Crippen LogP contribution in [0.2, 0.25) is 0 Å². The molecule has 4 heteroatoms. The second-order valence-corrected chi connectivity index (χ2v) is 10.9. The molecular weight excluding hydrogens is 359 g/mol. The molecule has 4 aliphatic carbocycles. The Labute approximate surface area is 166 Å². The number of hydrogen-bond donors (Lipinski definition) is 0. The van der Waals surface area contributed by atoms with Gasteiger partial charge in [0.25, 0.3) is 0 Å². The van der Waals surface area contributed by atoms with Gasteiger partial charge in [-0.15, -0.1) is 11.8 Å². The summed E-state index contributed by atoms with van der Waals surface area (Å²) in [5.41, 5.74) is 1.68. The number of allylic oxidation sites excluding steroid dienone is 2. The predicted octanol–water partition coefficient (Wildman–Crippen LogP) is 5.53. The van der Waals surface area contributed by atoms with E-state index in [1.165, 1.54) is 5.57 Å². The van der Waals surface area contributed by atoms with Crippen molar-refractivity contribution in [3.8, 4) is 0 Å². The van der Waals surface area contributed by atoms with Gasteiger partial charge in [0.2, 0.25) is 0 Å². The second-order valence-electron chi connectivity index (χ2n) is 9.61. The number of ketones is 2. The standard InChI is InChI=1S/C23H31FO2S/c1-6-27-20-17(25)8-10-22(4)14-7-9-23(5)15(11-16(24)21(23)26)18(14)12(2)13(3)19(20)22/h12,14-16,18H,3,6-11H2,1-2,4-5H3/t12?,14-,15+,16?,18-,22-,23+/m1/s1. The largest absolute Gasteiger partial charge is 0.296 e. The summed E-state index contributed by atoms with van der Waals surface area (Å²) in [4.78, 5) is 26.2. The molecule has 0 heterocycles. The van der Waals surface area contributed by atoms with Crippen LogP contribution in [-0.2, 0) is 9.59 Å². The van der Waals surface area contributed by atoms with Crippen molar-refractivity contribution in [2.24, 2.45) is 34.5 Å². The van der Waals surface area contributed by atoms with E-state index in [2.05, 4.69) is 27.4 Å². The summed E-state index contributed by atoms with van der Waals surface area (Å²) in [6.07, 6.45) is 2.26. The van der Waals surface area contributed by atoms with Crippen LogP contribution in [0.25, 0.3) is 0 Å². The molecule has 0 bridgehead atoms. The van der Waals surface area contributed by atoms with Crippen molar-refractivity contribution in [2.45, 2.75) is 66.0 Å². The molecule has 0 radical (unpaired) electrons. The van der Waals surface area contributed by atoms with Gasteiger partial charge in [-0.25, -0.2) is 4.39 Å². The van der Waals surface area contributed by atoms with Gasteiger partial charge in [0.1, 0.15) is 0 Å². The lowest BCUT2D eigenvalue weighted by molar-refractivity contribution is -0.135. The zero-order chi connectivity index (χ0) is 19.7. The molecule has 0 aromatic heterocycles. The van der Waals surface area contributed by atoms with Gasteiger partial charge >= 0.3 is 0 Å². The van der Waals surface area contributed by atoms with Crippen LogP contribution < -0.4 is 0 Å². The smallest absolute Gasteiger partial charge is 0.173 e. The van der Waals surface area contributed by atoms with Gasteiger partial charge in [-0.05, 0) is 71.7 Å². The van der Waals surface area contributed by atoms with Crippen LogP contribution in [-0.4, -0.2) is 23.5 Å². The third-order valence-corrected chi connectivity index (χ3v) is 9.52. The predicted molar refractivity (Wildman–Crippen MR) is 108 cm³/mol. The van der Waals surface area contributed by atoms with Crippen molar-refractivity contribution >= 4 is 23.3 Å². The summed E-state index contributed by atoms with van der Waals surface area (Å²) in [6.45, 7) is 13.1. The van der Waals surface area contributed by atoms with Gasteiger partial charge in [-0.2, -0.15) is 0 Å². The molecule has 3 fully saturated rings. The molecule has 4 aliphatic rings. The summed E-state index contributed by atoms with van der Waals surface area (Å²) in [7, 11) is 0. The third-order valence-electron chi connectivity index (χ3n) is 8.51. The lowest BCUT2D eigenvalue weighted by atomic mass is 9.44. The average Bonchev–Trinajstić information content (AvgIpc) is 2.86. The van der Waals surface area contributed by atoms with Crippen molar-refractivity contribution in [2.75, 3.05) is 5.75 Å². The number of rotatable bonds is 2. The highest BCUT2D eigenvalue weighted by Gasteiger charge is 2.64. The Kier molecular flexibility index (Phi) is 4.53. The van der Waals surface area contributed by atoms with Crippen molar-refractivity contribution in [1.82, 2.24) is 0 Å². The number of Topliss-reactive ketones (excluding diaryl/α,β-unsaturated/α-hetero) is 2. The first-order chi connectivity index (χ1) is 12.7. The average molecular weight is 391 g/mol. The number of carbonyl (C=O) groups excluding carboxylic acids is 2.